The number of anilines is 1. The highest BCUT2D eigenvalue weighted by atomic mass is 16.2. The van der Waals surface area contributed by atoms with Gasteiger partial charge in [0.25, 0.3) is 0 Å². The van der Waals surface area contributed by atoms with Gasteiger partial charge in [-0.3, -0.25) is 4.79 Å². The Kier molecular flexibility index (Phi) is 5.19. The molecule has 96 valence electrons. The van der Waals surface area contributed by atoms with Gasteiger partial charge in [-0.15, -0.1) is 0 Å². The molecule has 1 aromatic rings. The number of hydrogen-bond acceptors (Lipinski definition) is 3. The summed E-state index contributed by atoms with van der Waals surface area (Å²) < 4.78 is 0. The lowest BCUT2D eigenvalue weighted by Gasteiger charge is -2.24. The molecule has 1 aromatic carbocycles. The van der Waals surface area contributed by atoms with Gasteiger partial charge in [0.05, 0.1) is 11.6 Å². The van der Waals surface area contributed by atoms with Gasteiger partial charge in [0.15, 0.2) is 0 Å². The Hall–Kier alpha value is -2.02. The van der Waals surface area contributed by atoms with E-state index in [1.807, 2.05) is 26.8 Å². The van der Waals surface area contributed by atoms with E-state index < -0.39 is 0 Å². The van der Waals surface area contributed by atoms with Crippen LogP contribution in [0.4, 0.5) is 5.69 Å². The molecule has 4 heteroatoms. The molecule has 1 amide bonds. The minimum Gasteiger partial charge on any atom is -0.374 e. The molecule has 1 rings (SSSR count). The third-order valence-electron chi connectivity index (χ3n) is 2.82. The van der Waals surface area contributed by atoms with Crippen LogP contribution in [0.25, 0.3) is 0 Å². The number of nitrogens with zero attached hydrogens (tertiary/aromatic N) is 2. The predicted octanol–water partition coefficient (Wildman–Crippen LogP) is 2.23. The number of carbonyl (C=O) groups is 1. The number of amides is 1. The summed E-state index contributed by atoms with van der Waals surface area (Å²) >= 11 is 0. The highest BCUT2D eigenvalue weighted by molar-refractivity contribution is 5.84. The Morgan fingerprint density at radius 3 is 2.67 bits per heavy atom. The molecule has 0 radical (unpaired) electrons. The van der Waals surface area contributed by atoms with E-state index in [0.717, 1.165) is 5.69 Å². The molecule has 0 saturated carbocycles. The van der Waals surface area contributed by atoms with Gasteiger partial charge in [0, 0.05) is 18.8 Å². The Morgan fingerprint density at radius 2 is 2.11 bits per heavy atom. The van der Waals surface area contributed by atoms with Crippen molar-refractivity contribution in [2.75, 3.05) is 18.4 Å². The van der Waals surface area contributed by atoms with Gasteiger partial charge in [0.2, 0.25) is 5.91 Å². The molecule has 0 fully saturated rings. The van der Waals surface area contributed by atoms with E-state index >= 15 is 0 Å². The standard InChI is InChI=1S/C14H19N3O/c1-4-17(5-2)14(18)11(3)16-13-8-6-7-12(9-13)10-15/h6-9,11,16H,4-5H2,1-3H3. The minimum atomic E-state index is -0.293. The molecule has 0 spiro atoms. The number of likely N-dealkylation sites (N-methyl/N-ethyl adjacent to an activating group) is 1. The summed E-state index contributed by atoms with van der Waals surface area (Å²) in [6.07, 6.45) is 0. The molecule has 0 aromatic heterocycles. The third-order valence-corrected chi connectivity index (χ3v) is 2.82. The summed E-state index contributed by atoms with van der Waals surface area (Å²) in [7, 11) is 0. The van der Waals surface area contributed by atoms with Crippen molar-refractivity contribution in [1.82, 2.24) is 4.90 Å². The average Bonchev–Trinajstić information content (AvgIpc) is 2.40. The molecule has 0 saturated heterocycles. The minimum absolute atomic E-state index is 0.0716. The van der Waals surface area contributed by atoms with E-state index in [0.29, 0.717) is 18.7 Å². The SMILES string of the molecule is CCN(CC)C(=O)C(C)Nc1cccc(C#N)c1. The predicted molar refractivity (Wildman–Crippen MR) is 72.2 cm³/mol. The fourth-order valence-electron chi connectivity index (χ4n) is 1.80. The number of nitrogens with one attached hydrogen (secondary N) is 1. The second kappa shape index (κ2) is 6.65. The molecule has 0 aliphatic rings. The molecule has 0 aliphatic carbocycles. The van der Waals surface area contributed by atoms with Gasteiger partial charge in [-0.1, -0.05) is 6.07 Å². The monoisotopic (exact) mass is 245 g/mol. The molecule has 0 aliphatic heterocycles. The quantitative estimate of drug-likeness (QED) is 0.865. The zero-order valence-corrected chi connectivity index (χ0v) is 11.1. The summed E-state index contributed by atoms with van der Waals surface area (Å²) in [6, 6.07) is 8.92. The summed E-state index contributed by atoms with van der Waals surface area (Å²) in [4.78, 5) is 13.8. The van der Waals surface area contributed by atoms with Crippen LogP contribution in [-0.2, 0) is 4.79 Å². The number of rotatable bonds is 5. The Balaban J connectivity index is 2.72. The van der Waals surface area contributed by atoms with Gasteiger partial charge in [-0.05, 0) is 39.0 Å². The summed E-state index contributed by atoms with van der Waals surface area (Å²) in [6.45, 7) is 7.17. The Morgan fingerprint density at radius 1 is 1.44 bits per heavy atom. The Labute approximate surface area is 108 Å². The average molecular weight is 245 g/mol. The van der Waals surface area contributed by atoms with Gasteiger partial charge in [-0.25, -0.2) is 0 Å². The first-order chi connectivity index (χ1) is 8.62. The van der Waals surface area contributed by atoms with Gasteiger partial charge in [0.1, 0.15) is 6.04 Å². The molecule has 4 nitrogen and oxygen atoms in total. The maximum atomic E-state index is 12.1. The van der Waals surface area contributed by atoms with Gasteiger partial charge < -0.3 is 10.2 Å². The molecule has 0 bridgehead atoms. The molecular formula is C14H19N3O. The van der Waals surface area contributed by atoms with E-state index in [1.165, 1.54) is 0 Å². The molecule has 1 unspecified atom stereocenters. The maximum absolute atomic E-state index is 12.1. The number of hydrogen-bond donors (Lipinski definition) is 1. The first-order valence-corrected chi connectivity index (χ1v) is 6.17. The maximum Gasteiger partial charge on any atom is 0.244 e. The van der Waals surface area contributed by atoms with Crippen LogP contribution in [0.1, 0.15) is 26.3 Å². The number of carbonyl (C=O) groups excluding carboxylic acids is 1. The summed E-state index contributed by atoms with van der Waals surface area (Å²) in [5.74, 6) is 0.0716. The van der Waals surface area contributed by atoms with E-state index in [1.54, 1.807) is 23.1 Å². The summed E-state index contributed by atoms with van der Waals surface area (Å²) in [5.41, 5.74) is 1.38. The van der Waals surface area contributed by atoms with Crippen molar-refractivity contribution in [1.29, 1.82) is 5.26 Å². The highest BCUT2D eigenvalue weighted by Crippen LogP contribution is 2.12. The van der Waals surface area contributed by atoms with Crippen molar-refractivity contribution in [3.05, 3.63) is 29.8 Å². The van der Waals surface area contributed by atoms with Gasteiger partial charge >= 0.3 is 0 Å². The first-order valence-electron chi connectivity index (χ1n) is 6.17. The van der Waals surface area contributed by atoms with Crippen LogP contribution in [0.5, 0.6) is 0 Å². The fourth-order valence-corrected chi connectivity index (χ4v) is 1.80. The molecule has 18 heavy (non-hydrogen) atoms. The van der Waals surface area contributed by atoms with Crippen LogP contribution in [0.2, 0.25) is 0 Å². The van der Waals surface area contributed by atoms with Crippen molar-refractivity contribution in [2.45, 2.75) is 26.8 Å². The third kappa shape index (κ3) is 3.49. The van der Waals surface area contributed by atoms with Gasteiger partial charge in [-0.2, -0.15) is 5.26 Å². The smallest absolute Gasteiger partial charge is 0.244 e. The van der Waals surface area contributed by atoms with Crippen LogP contribution < -0.4 is 5.32 Å². The van der Waals surface area contributed by atoms with E-state index in [9.17, 15) is 4.79 Å². The second-order valence-electron chi connectivity index (χ2n) is 4.07. The molecule has 1 N–H and O–H groups in total. The van der Waals surface area contributed by atoms with E-state index in [4.69, 9.17) is 5.26 Å². The zero-order valence-electron chi connectivity index (χ0n) is 11.1. The van der Waals surface area contributed by atoms with E-state index in [2.05, 4.69) is 11.4 Å². The lowest BCUT2D eigenvalue weighted by molar-refractivity contribution is -0.131. The second-order valence-corrected chi connectivity index (χ2v) is 4.07. The van der Waals surface area contributed by atoms with Crippen LogP contribution >= 0.6 is 0 Å². The first kappa shape index (κ1) is 14.0. The largest absolute Gasteiger partial charge is 0.374 e. The molecule has 0 heterocycles. The summed E-state index contributed by atoms with van der Waals surface area (Å²) in [5, 5.41) is 11.9. The fraction of sp³-hybridized carbons (Fsp3) is 0.429. The van der Waals surface area contributed by atoms with Crippen molar-refractivity contribution in [2.24, 2.45) is 0 Å². The topological polar surface area (TPSA) is 56.1 Å². The highest BCUT2D eigenvalue weighted by Gasteiger charge is 2.17. The van der Waals surface area contributed by atoms with Crippen LogP contribution in [-0.4, -0.2) is 29.9 Å². The van der Waals surface area contributed by atoms with Crippen molar-refractivity contribution in [3.63, 3.8) is 0 Å². The molecular weight excluding hydrogens is 226 g/mol. The van der Waals surface area contributed by atoms with Crippen molar-refractivity contribution < 1.29 is 4.79 Å². The number of nitriles is 1. The number of benzene rings is 1. The lowest BCUT2D eigenvalue weighted by atomic mass is 10.2. The van der Waals surface area contributed by atoms with Crippen molar-refractivity contribution >= 4 is 11.6 Å². The van der Waals surface area contributed by atoms with Crippen LogP contribution in [0.15, 0.2) is 24.3 Å². The van der Waals surface area contributed by atoms with Crippen LogP contribution in [0.3, 0.4) is 0 Å². The van der Waals surface area contributed by atoms with Crippen LogP contribution in [0, 0.1) is 11.3 Å². The normalized spacial score (nSPS) is 11.4. The zero-order chi connectivity index (χ0) is 13.5. The Bertz CT molecular complexity index is 447. The van der Waals surface area contributed by atoms with Crippen molar-refractivity contribution in [3.8, 4) is 6.07 Å². The lowest BCUT2D eigenvalue weighted by Crippen LogP contribution is -2.41. The van der Waals surface area contributed by atoms with E-state index in [-0.39, 0.29) is 11.9 Å². The molecule has 1 atom stereocenters.